The highest BCUT2D eigenvalue weighted by Crippen LogP contribution is 2.39. The number of aromatic nitrogens is 2. The first-order valence-electron chi connectivity index (χ1n) is 11.4. The largest absolute Gasteiger partial charge is 0.573 e. The molecule has 2 aromatic heterocycles. The number of benzene rings is 2. The summed E-state index contributed by atoms with van der Waals surface area (Å²) in [6, 6.07) is 11.0. The van der Waals surface area contributed by atoms with E-state index in [1.807, 2.05) is 20.8 Å². The van der Waals surface area contributed by atoms with Crippen LogP contribution in [0.4, 0.5) is 18.0 Å². The smallest absolute Gasteiger partial charge is 0.489 e. The van der Waals surface area contributed by atoms with Crippen LogP contribution in [0.25, 0.3) is 21.8 Å². The van der Waals surface area contributed by atoms with Crippen molar-refractivity contribution in [2.45, 2.75) is 46.6 Å². The second-order valence-electron chi connectivity index (χ2n) is 8.60. The van der Waals surface area contributed by atoms with Crippen LogP contribution in [0, 0.1) is 13.8 Å². The number of hydrogen-bond donors (Lipinski definition) is 1. The van der Waals surface area contributed by atoms with Crippen molar-refractivity contribution in [2.24, 2.45) is 0 Å². The summed E-state index contributed by atoms with van der Waals surface area (Å²) in [6.07, 6.45) is -6.28. The molecule has 0 aliphatic heterocycles. The molecule has 0 aliphatic carbocycles. The second-order valence-corrected chi connectivity index (χ2v) is 9.56. The van der Waals surface area contributed by atoms with Crippen LogP contribution in [0.2, 0.25) is 0 Å². The quantitative estimate of drug-likeness (QED) is 0.223. The van der Waals surface area contributed by atoms with Crippen molar-refractivity contribution in [3.05, 3.63) is 65.0 Å². The Bertz CT molecular complexity index is 1460. The Morgan fingerprint density at radius 1 is 1.13 bits per heavy atom. The maximum atomic E-state index is 13.0. The number of thiazole rings is 1. The molecule has 0 spiro atoms. The average molecular weight is 549 g/mol. The minimum atomic E-state index is -4.87. The zero-order valence-electron chi connectivity index (χ0n) is 20.8. The predicted octanol–water partition coefficient (Wildman–Crippen LogP) is 7.74. The molecule has 12 heteroatoms. The van der Waals surface area contributed by atoms with Gasteiger partial charge in [-0.1, -0.05) is 42.5 Å². The molecule has 0 fully saturated rings. The number of hydrogen-bond acceptors (Lipinski definition) is 8. The first kappa shape index (κ1) is 27.0. The van der Waals surface area contributed by atoms with Crippen molar-refractivity contribution in [1.82, 2.24) is 10.1 Å². The molecule has 1 N–H and O–H groups in total. The summed E-state index contributed by atoms with van der Waals surface area (Å²) in [5.41, 5.74) is 2.89. The molecule has 4 aromatic rings. The highest BCUT2D eigenvalue weighted by Gasteiger charge is 2.33. The zero-order valence-corrected chi connectivity index (χ0v) is 21.6. The van der Waals surface area contributed by atoms with Gasteiger partial charge in [-0.25, -0.2) is 9.78 Å². The molecule has 0 radical (unpaired) electrons. The molecule has 0 atom stereocenters. The third-order valence-corrected chi connectivity index (χ3v) is 6.52. The maximum Gasteiger partial charge on any atom is 0.573 e. The average Bonchev–Trinajstić information content (AvgIpc) is 3.40. The number of carbonyl (C=O) groups is 1. The van der Waals surface area contributed by atoms with E-state index in [4.69, 9.17) is 19.1 Å². The first-order chi connectivity index (χ1) is 17.9. The summed E-state index contributed by atoms with van der Waals surface area (Å²) >= 11 is 1.11. The lowest BCUT2D eigenvalue weighted by Crippen LogP contribution is -2.17. The fraction of sp³-hybridized carbons (Fsp3) is 0.269. The van der Waals surface area contributed by atoms with Gasteiger partial charge in [0.05, 0.1) is 11.3 Å². The third kappa shape index (κ3) is 6.08. The number of rotatable bonds is 8. The summed E-state index contributed by atoms with van der Waals surface area (Å²) in [5, 5.41) is 13.7. The van der Waals surface area contributed by atoms with Crippen molar-refractivity contribution in [1.29, 1.82) is 0 Å². The van der Waals surface area contributed by atoms with Gasteiger partial charge in [0, 0.05) is 17.0 Å². The van der Waals surface area contributed by atoms with E-state index in [2.05, 4.69) is 14.9 Å². The van der Waals surface area contributed by atoms with Crippen molar-refractivity contribution in [3.8, 4) is 38.4 Å². The summed E-state index contributed by atoms with van der Waals surface area (Å²) < 4.78 is 59.4. The van der Waals surface area contributed by atoms with Crippen LogP contribution >= 0.6 is 11.3 Å². The Hall–Kier alpha value is -4.06. The lowest BCUT2D eigenvalue weighted by molar-refractivity contribution is -0.274. The molecule has 0 saturated heterocycles. The Balaban J connectivity index is 1.61. The molecular formula is C26H23F3N2O6S. The Kier molecular flexibility index (Phi) is 7.63. The Morgan fingerprint density at radius 2 is 1.87 bits per heavy atom. The van der Waals surface area contributed by atoms with Gasteiger partial charge in [0.25, 0.3) is 0 Å². The standard InChI is InChI=1S/C26H23F3N2O6S/c1-13(2)22-19(21(31-37-22)18-7-5-6-8-20(18)36-26(27,28)29)12-34-16-9-10-17(14(3)11-16)23-30-15(4)24(38-23)35-25(32)33/h5-11,13H,12H2,1-4H3,(H,32,33). The van der Waals surface area contributed by atoms with Gasteiger partial charge in [0.1, 0.15) is 34.6 Å². The van der Waals surface area contributed by atoms with Crippen LogP contribution in [0.15, 0.2) is 47.0 Å². The lowest BCUT2D eigenvalue weighted by atomic mass is 10.0. The number of alkyl halides is 3. The van der Waals surface area contributed by atoms with E-state index in [0.29, 0.717) is 27.8 Å². The molecule has 2 heterocycles. The number of aryl methyl sites for hydroxylation is 2. The third-order valence-electron chi connectivity index (χ3n) is 5.46. The van der Waals surface area contributed by atoms with Gasteiger partial charge in [-0.3, -0.25) is 0 Å². The molecular weight excluding hydrogens is 525 g/mol. The van der Waals surface area contributed by atoms with Crippen molar-refractivity contribution in [2.75, 3.05) is 0 Å². The Morgan fingerprint density at radius 3 is 2.53 bits per heavy atom. The van der Waals surface area contributed by atoms with E-state index in [1.54, 1.807) is 31.2 Å². The van der Waals surface area contributed by atoms with E-state index in [-0.39, 0.29) is 28.8 Å². The van der Waals surface area contributed by atoms with E-state index in [9.17, 15) is 18.0 Å². The predicted molar refractivity (Wildman–Crippen MR) is 133 cm³/mol. The first-order valence-corrected chi connectivity index (χ1v) is 12.2. The van der Waals surface area contributed by atoms with Crippen molar-refractivity contribution >= 4 is 17.5 Å². The van der Waals surface area contributed by atoms with Gasteiger partial charge >= 0.3 is 12.5 Å². The molecule has 0 bridgehead atoms. The number of para-hydroxylation sites is 1. The van der Waals surface area contributed by atoms with E-state index < -0.39 is 18.3 Å². The normalized spacial score (nSPS) is 11.6. The van der Waals surface area contributed by atoms with Crippen LogP contribution in [-0.4, -0.2) is 27.8 Å². The Labute approximate surface area is 219 Å². The van der Waals surface area contributed by atoms with Crippen molar-refractivity contribution < 1.29 is 41.8 Å². The second kappa shape index (κ2) is 10.7. The van der Waals surface area contributed by atoms with Crippen LogP contribution in [0.3, 0.4) is 0 Å². The van der Waals surface area contributed by atoms with Gasteiger partial charge < -0.3 is 23.8 Å². The molecule has 4 rings (SSSR count). The van der Waals surface area contributed by atoms with E-state index >= 15 is 0 Å². The number of carboxylic acid groups (broad SMARTS) is 1. The van der Waals surface area contributed by atoms with Crippen LogP contribution < -0.4 is 14.2 Å². The van der Waals surface area contributed by atoms with E-state index in [1.165, 1.54) is 18.2 Å². The minimum Gasteiger partial charge on any atom is -0.489 e. The highest BCUT2D eigenvalue weighted by atomic mass is 32.1. The van der Waals surface area contributed by atoms with E-state index in [0.717, 1.165) is 22.5 Å². The fourth-order valence-corrected chi connectivity index (χ4v) is 4.80. The molecule has 0 amide bonds. The highest BCUT2D eigenvalue weighted by molar-refractivity contribution is 7.17. The fourth-order valence-electron chi connectivity index (χ4n) is 3.80. The lowest BCUT2D eigenvalue weighted by Gasteiger charge is -2.14. The van der Waals surface area contributed by atoms with Crippen LogP contribution in [0.5, 0.6) is 16.6 Å². The molecule has 38 heavy (non-hydrogen) atoms. The molecule has 0 aliphatic rings. The van der Waals surface area contributed by atoms with Gasteiger partial charge in [0.2, 0.25) is 5.06 Å². The summed E-state index contributed by atoms with van der Waals surface area (Å²) in [4.78, 5) is 15.3. The molecule has 200 valence electrons. The van der Waals surface area contributed by atoms with Crippen LogP contribution in [0.1, 0.15) is 42.3 Å². The summed E-state index contributed by atoms with van der Waals surface area (Å²) in [7, 11) is 0. The topological polar surface area (TPSA) is 104 Å². The van der Waals surface area contributed by atoms with Gasteiger partial charge in [0.15, 0.2) is 0 Å². The molecule has 0 saturated carbocycles. The SMILES string of the molecule is Cc1cc(OCc2c(-c3ccccc3OC(F)(F)F)noc2C(C)C)ccc1-c1nc(C)c(OC(=O)O)s1. The zero-order chi connectivity index (χ0) is 27.6. The maximum absolute atomic E-state index is 13.0. The van der Waals surface area contributed by atoms with Gasteiger partial charge in [-0.05, 0) is 49.7 Å². The van der Waals surface area contributed by atoms with Crippen molar-refractivity contribution in [3.63, 3.8) is 0 Å². The minimum absolute atomic E-state index is 0.0154. The molecule has 2 aromatic carbocycles. The summed E-state index contributed by atoms with van der Waals surface area (Å²) in [5.74, 6) is 0.489. The monoisotopic (exact) mass is 548 g/mol. The van der Waals surface area contributed by atoms with Gasteiger partial charge in [-0.2, -0.15) is 0 Å². The number of halogens is 3. The number of nitrogens with zero attached hydrogens (tertiary/aromatic N) is 2. The summed E-state index contributed by atoms with van der Waals surface area (Å²) in [6.45, 7) is 7.25. The van der Waals surface area contributed by atoms with Gasteiger partial charge in [-0.15, -0.1) is 13.2 Å². The molecule has 8 nitrogen and oxygen atoms in total. The number of ether oxygens (including phenoxy) is 3. The van der Waals surface area contributed by atoms with Crippen LogP contribution in [-0.2, 0) is 6.61 Å². The molecule has 0 unspecified atom stereocenters.